The summed E-state index contributed by atoms with van der Waals surface area (Å²) in [6, 6.07) is 193. The number of rotatable bonds is 21. The van der Waals surface area contributed by atoms with Crippen LogP contribution in [0.2, 0.25) is 0 Å². The zero-order valence-corrected chi connectivity index (χ0v) is 74.1. The van der Waals surface area contributed by atoms with Crippen molar-refractivity contribution in [3.05, 3.63) is 558 Å². The predicted octanol–water partition coefficient (Wildman–Crippen LogP) is 34.6. The highest BCUT2D eigenvalue weighted by Crippen LogP contribution is 2.48. The average molecular weight is 1730 g/mol. The molecule has 4 heterocycles. The molecule has 0 amide bonds. The summed E-state index contributed by atoms with van der Waals surface area (Å²) in [5, 5.41) is 7.35. The van der Waals surface area contributed by atoms with E-state index in [1.807, 2.05) is 12.4 Å². The summed E-state index contributed by atoms with van der Waals surface area (Å²) in [6.45, 7) is 0. The van der Waals surface area contributed by atoms with Gasteiger partial charge in [0.15, 0.2) is 0 Å². The Balaban J connectivity index is 0.000000118. The van der Waals surface area contributed by atoms with Crippen LogP contribution in [0.4, 0.5) is 102 Å². The Hall–Kier alpha value is -18.3. The largest absolute Gasteiger partial charge is 0.311 e. The maximum atomic E-state index is 4.25. The van der Waals surface area contributed by atoms with Crippen LogP contribution in [-0.4, -0.2) is 18.7 Å². The summed E-state index contributed by atoms with van der Waals surface area (Å²) < 4.78 is 7.04. The zero-order chi connectivity index (χ0) is 90.0. The van der Waals surface area contributed by atoms with Crippen LogP contribution in [0.1, 0.15) is 0 Å². The van der Waals surface area contributed by atoms with Gasteiger partial charge < -0.3 is 43.1 Å². The van der Waals surface area contributed by atoms with Crippen molar-refractivity contribution in [2.45, 2.75) is 0 Å². The molecule has 0 spiro atoms. The third-order valence-corrected chi connectivity index (χ3v) is 24.9. The number of benzene rings is 20. The fourth-order valence-corrected chi connectivity index (χ4v) is 18.9. The molecule has 10 nitrogen and oxygen atoms in total. The molecule has 0 saturated carbocycles. The summed E-state index contributed by atoms with van der Waals surface area (Å²) in [4.78, 5) is 18.1. The first kappa shape index (κ1) is 82.4. The molecule has 642 valence electrons. The normalized spacial score (nSPS) is 11.1. The summed E-state index contributed by atoms with van der Waals surface area (Å²) in [6.07, 6.45) is 3.70. The van der Waals surface area contributed by atoms with Gasteiger partial charge in [-0.15, -0.1) is 0 Å². The van der Waals surface area contributed by atoms with E-state index in [0.717, 1.165) is 125 Å². The number of anilines is 18. The van der Waals surface area contributed by atoms with E-state index in [-0.39, 0.29) is 0 Å². The molecule has 24 rings (SSSR count). The number of fused-ring (bicyclic) bond motifs is 9. The van der Waals surface area contributed by atoms with Gasteiger partial charge in [0.05, 0.1) is 33.1 Å². The Morgan fingerprint density at radius 2 is 0.267 bits per heavy atom. The van der Waals surface area contributed by atoms with E-state index in [0.29, 0.717) is 0 Å². The molecule has 0 fully saturated rings. The molecule has 0 aliphatic carbocycles. The van der Waals surface area contributed by atoms with E-state index in [1.165, 1.54) is 59.9 Å². The van der Waals surface area contributed by atoms with E-state index < -0.39 is 0 Å². The topological polar surface area (TPSA) is 47.1 Å². The lowest BCUT2D eigenvalue weighted by Gasteiger charge is -2.28. The van der Waals surface area contributed by atoms with E-state index in [9.17, 15) is 0 Å². The quantitative estimate of drug-likeness (QED) is 0.0710. The Labute approximate surface area is 786 Å². The van der Waals surface area contributed by atoms with Crippen molar-refractivity contribution in [2.75, 3.05) is 29.4 Å². The molecule has 0 N–H and O–H groups in total. The van der Waals surface area contributed by atoms with Crippen LogP contribution >= 0.6 is 0 Å². The van der Waals surface area contributed by atoms with Crippen LogP contribution in [0.3, 0.4) is 0 Å². The molecule has 0 atom stereocenters. The first-order chi connectivity index (χ1) is 67.0. The molecule has 0 radical (unpaired) electrons. The maximum absolute atomic E-state index is 4.25. The lowest BCUT2D eigenvalue weighted by molar-refractivity contribution is 1.15. The van der Waals surface area contributed by atoms with Crippen molar-refractivity contribution in [1.82, 2.24) is 18.7 Å². The monoisotopic (exact) mass is 1730 g/mol. The highest BCUT2D eigenvalue weighted by molar-refractivity contribution is 6.13. The Morgan fingerprint density at radius 1 is 0.119 bits per heavy atom. The smallest absolute Gasteiger partial charge is 0.0542 e. The van der Waals surface area contributed by atoms with Gasteiger partial charge >= 0.3 is 0 Å². The standard InChI is InChI=1S/2C42H31N3.C41H30N4/c2*1-5-15-32(16-6-1)43(33-17-7-2-8-18-33)36-25-27-37(28-26-36)44(34-19-9-3-10-20-34)38-29-30-42-40(31-38)39-23-13-14-24-41(39)45(42)35-21-11-4-12-22-35;1-4-12-31(13-5-1)43(32-14-6-2-7-15-32)34-20-22-35(23-21-34)44(33-16-8-3-9-17-33)37-24-25-41-39(30-37)38-18-10-11-19-40(38)45(41)36-26-28-42-29-27-36/h2*1-31H;1-30H. The fraction of sp³-hybridized carbons (Fsp3) is 0. The second kappa shape index (κ2) is 37.8. The van der Waals surface area contributed by atoms with Crippen molar-refractivity contribution >= 4 is 168 Å². The second-order valence-electron chi connectivity index (χ2n) is 33.1. The van der Waals surface area contributed by atoms with Crippen LogP contribution in [0.15, 0.2) is 558 Å². The molecule has 0 aliphatic heterocycles. The summed E-state index contributed by atoms with van der Waals surface area (Å²) >= 11 is 0. The first-order valence-electron chi connectivity index (χ1n) is 45.7. The number of hydrogen-bond acceptors (Lipinski definition) is 7. The molecule has 0 saturated heterocycles. The van der Waals surface area contributed by atoms with E-state index in [4.69, 9.17) is 0 Å². The average Bonchev–Trinajstić information content (AvgIpc) is 1.61. The van der Waals surface area contributed by atoms with Crippen LogP contribution in [0, 0.1) is 0 Å². The summed E-state index contributed by atoms with van der Waals surface area (Å²) in [5.74, 6) is 0. The van der Waals surface area contributed by atoms with Crippen LogP contribution < -0.4 is 29.4 Å². The van der Waals surface area contributed by atoms with Gasteiger partial charge in [-0.05, 0) is 291 Å². The molecule has 4 aromatic heterocycles. The molecule has 0 bridgehead atoms. The van der Waals surface area contributed by atoms with Crippen molar-refractivity contribution < 1.29 is 0 Å². The zero-order valence-electron chi connectivity index (χ0n) is 74.1. The molecule has 20 aromatic carbocycles. The van der Waals surface area contributed by atoms with Gasteiger partial charge in [-0.1, -0.05) is 255 Å². The minimum atomic E-state index is 1.09. The van der Waals surface area contributed by atoms with Gasteiger partial charge in [0, 0.05) is 164 Å². The van der Waals surface area contributed by atoms with E-state index >= 15 is 0 Å². The number of pyridine rings is 1. The van der Waals surface area contributed by atoms with Crippen molar-refractivity contribution in [1.29, 1.82) is 0 Å². The highest BCUT2D eigenvalue weighted by atomic mass is 15.2. The molecule has 10 heteroatoms. The van der Waals surface area contributed by atoms with Crippen molar-refractivity contribution in [3.63, 3.8) is 0 Å². The number of nitrogens with zero attached hydrogens (tertiary/aromatic N) is 10. The first-order valence-corrected chi connectivity index (χ1v) is 45.7. The van der Waals surface area contributed by atoms with Gasteiger partial charge in [0.2, 0.25) is 0 Å². The van der Waals surface area contributed by atoms with E-state index in [2.05, 4.69) is 594 Å². The fourth-order valence-electron chi connectivity index (χ4n) is 18.9. The van der Waals surface area contributed by atoms with Crippen LogP contribution in [-0.2, 0) is 0 Å². The number of aromatic nitrogens is 4. The number of para-hydroxylation sites is 14. The molecular formula is C125H92N10. The van der Waals surface area contributed by atoms with Crippen molar-refractivity contribution in [3.8, 4) is 17.1 Å². The summed E-state index contributed by atoms with van der Waals surface area (Å²) in [7, 11) is 0. The Kier molecular flexibility index (Phi) is 23.1. The predicted molar refractivity (Wildman–Crippen MR) is 568 cm³/mol. The molecule has 135 heavy (non-hydrogen) atoms. The lowest BCUT2D eigenvalue weighted by atomic mass is 10.1. The Bertz CT molecular complexity index is 7220. The van der Waals surface area contributed by atoms with Gasteiger partial charge in [-0.2, -0.15) is 0 Å². The van der Waals surface area contributed by atoms with Crippen molar-refractivity contribution in [2.24, 2.45) is 0 Å². The van der Waals surface area contributed by atoms with Crippen LogP contribution in [0.25, 0.3) is 82.5 Å². The minimum Gasteiger partial charge on any atom is -0.311 e. The summed E-state index contributed by atoms with van der Waals surface area (Å²) in [5.41, 5.74) is 30.5. The number of hydrogen-bond donors (Lipinski definition) is 0. The second-order valence-corrected chi connectivity index (χ2v) is 33.1. The maximum Gasteiger partial charge on any atom is 0.0542 e. The van der Waals surface area contributed by atoms with Crippen LogP contribution in [0.5, 0.6) is 0 Å². The third-order valence-electron chi connectivity index (χ3n) is 24.9. The minimum absolute atomic E-state index is 1.09. The molecule has 0 aliphatic rings. The third kappa shape index (κ3) is 16.7. The highest BCUT2D eigenvalue weighted by Gasteiger charge is 2.25. The Morgan fingerprint density at radius 3 is 0.474 bits per heavy atom. The van der Waals surface area contributed by atoms with Gasteiger partial charge in [0.1, 0.15) is 0 Å². The van der Waals surface area contributed by atoms with Gasteiger partial charge in [0.25, 0.3) is 0 Å². The molecule has 24 aromatic rings. The molecule has 0 unspecified atom stereocenters. The van der Waals surface area contributed by atoms with Gasteiger partial charge in [-0.3, -0.25) is 4.98 Å². The SMILES string of the molecule is c1ccc(N(c2ccccc2)c2ccc(N(c3ccccc3)c3ccc4c(c3)c3ccccc3n4-c3ccccc3)cc2)cc1.c1ccc(N(c2ccccc2)c2ccc(N(c3ccccc3)c3ccc4c(c3)c3ccccc3n4-c3ccccc3)cc2)cc1.c1ccc(N(c2ccccc2)c2ccc(N(c3ccccc3)c3ccc4c(c3)c3ccccc3n4-c3ccncc3)cc2)cc1. The van der Waals surface area contributed by atoms with E-state index in [1.54, 1.807) is 0 Å². The van der Waals surface area contributed by atoms with Gasteiger partial charge in [-0.25, -0.2) is 0 Å². The molecular weight excluding hydrogens is 1640 g/mol. The lowest BCUT2D eigenvalue weighted by Crippen LogP contribution is -2.12.